The van der Waals surface area contributed by atoms with E-state index in [9.17, 15) is 9.59 Å². The molecule has 2 aromatic carbocycles. The molecular formula is C20H19BrN4O3. The zero-order valence-corrected chi connectivity index (χ0v) is 16.7. The van der Waals surface area contributed by atoms with Gasteiger partial charge in [-0.05, 0) is 36.4 Å². The summed E-state index contributed by atoms with van der Waals surface area (Å²) in [5.74, 6) is 1.15. The lowest BCUT2D eigenvalue weighted by molar-refractivity contribution is -0.133. The standard InChI is InChI=1S/C20H19BrN4O3/c21-14-5-7-15(8-6-14)28-13-18(26)24-9-11-25(12-10-24)20-22-17-4-2-1-3-16(17)19(27)23-20/h1-8H,9-13H2,(H,22,23,27). The average Bonchev–Trinajstić information content (AvgIpc) is 2.73. The van der Waals surface area contributed by atoms with E-state index in [4.69, 9.17) is 4.74 Å². The second-order valence-electron chi connectivity index (χ2n) is 6.52. The molecule has 0 radical (unpaired) electrons. The minimum atomic E-state index is -0.151. The van der Waals surface area contributed by atoms with Crippen LogP contribution in [0.2, 0.25) is 0 Å². The number of nitrogens with one attached hydrogen (secondary N) is 1. The molecule has 28 heavy (non-hydrogen) atoms. The van der Waals surface area contributed by atoms with Crippen LogP contribution in [0, 0.1) is 0 Å². The highest BCUT2D eigenvalue weighted by molar-refractivity contribution is 9.10. The lowest BCUT2D eigenvalue weighted by atomic mass is 10.2. The van der Waals surface area contributed by atoms with Crippen LogP contribution in [0.4, 0.5) is 5.95 Å². The number of benzene rings is 2. The topological polar surface area (TPSA) is 78.5 Å². The van der Waals surface area contributed by atoms with E-state index in [1.54, 1.807) is 11.0 Å². The van der Waals surface area contributed by atoms with Crippen molar-refractivity contribution in [3.63, 3.8) is 0 Å². The fraction of sp³-hybridized carbons (Fsp3) is 0.250. The maximum Gasteiger partial charge on any atom is 0.260 e. The van der Waals surface area contributed by atoms with Crippen LogP contribution >= 0.6 is 15.9 Å². The van der Waals surface area contributed by atoms with Gasteiger partial charge in [-0.2, -0.15) is 0 Å². The molecule has 0 bridgehead atoms. The molecule has 1 aliphatic heterocycles. The zero-order chi connectivity index (χ0) is 19.5. The molecule has 0 saturated carbocycles. The number of aromatic nitrogens is 2. The van der Waals surface area contributed by atoms with Gasteiger partial charge in [-0.3, -0.25) is 14.6 Å². The molecule has 8 heteroatoms. The lowest BCUT2D eigenvalue weighted by Gasteiger charge is -2.35. The number of hydrogen-bond acceptors (Lipinski definition) is 5. The Labute approximate surface area is 170 Å². The van der Waals surface area contributed by atoms with Crippen molar-refractivity contribution in [2.24, 2.45) is 0 Å². The van der Waals surface area contributed by atoms with Gasteiger partial charge in [-0.1, -0.05) is 28.1 Å². The summed E-state index contributed by atoms with van der Waals surface area (Å²) < 4.78 is 6.53. The number of H-pyrrole nitrogens is 1. The van der Waals surface area contributed by atoms with Crippen LogP contribution in [0.1, 0.15) is 0 Å². The second-order valence-corrected chi connectivity index (χ2v) is 7.43. The highest BCUT2D eigenvalue weighted by Crippen LogP contribution is 2.17. The molecule has 0 unspecified atom stereocenters. The number of hydrogen-bond donors (Lipinski definition) is 1. The van der Waals surface area contributed by atoms with Gasteiger partial charge in [0.15, 0.2) is 6.61 Å². The molecule has 1 aliphatic rings. The number of amides is 1. The molecule has 2 heterocycles. The third-order valence-electron chi connectivity index (χ3n) is 4.71. The molecule has 1 saturated heterocycles. The van der Waals surface area contributed by atoms with Crippen molar-refractivity contribution >= 4 is 38.7 Å². The van der Waals surface area contributed by atoms with E-state index in [0.717, 1.165) is 4.47 Å². The first-order valence-electron chi connectivity index (χ1n) is 9.00. The number of para-hydroxylation sites is 1. The van der Waals surface area contributed by atoms with Gasteiger partial charge in [0.1, 0.15) is 5.75 Å². The van der Waals surface area contributed by atoms with Crippen molar-refractivity contribution in [2.75, 3.05) is 37.7 Å². The van der Waals surface area contributed by atoms with Gasteiger partial charge in [0.25, 0.3) is 11.5 Å². The maximum absolute atomic E-state index is 12.4. The van der Waals surface area contributed by atoms with E-state index in [0.29, 0.717) is 48.8 Å². The molecule has 1 amide bonds. The number of carbonyl (C=O) groups excluding carboxylic acids is 1. The molecule has 1 aromatic heterocycles. The van der Waals surface area contributed by atoms with Gasteiger partial charge in [-0.25, -0.2) is 4.98 Å². The van der Waals surface area contributed by atoms with Gasteiger partial charge in [-0.15, -0.1) is 0 Å². The number of ether oxygens (including phenoxy) is 1. The smallest absolute Gasteiger partial charge is 0.260 e. The van der Waals surface area contributed by atoms with E-state index >= 15 is 0 Å². The fourth-order valence-electron chi connectivity index (χ4n) is 3.16. The third kappa shape index (κ3) is 4.01. The van der Waals surface area contributed by atoms with Crippen LogP contribution < -0.4 is 15.2 Å². The van der Waals surface area contributed by atoms with Crippen LogP contribution in [0.3, 0.4) is 0 Å². The number of fused-ring (bicyclic) bond motifs is 1. The van der Waals surface area contributed by atoms with Gasteiger partial charge in [0, 0.05) is 30.7 Å². The van der Waals surface area contributed by atoms with Gasteiger partial charge in [0.05, 0.1) is 10.9 Å². The minimum absolute atomic E-state index is 0.00664. The van der Waals surface area contributed by atoms with E-state index in [1.807, 2.05) is 47.4 Å². The third-order valence-corrected chi connectivity index (χ3v) is 5.24. The zero-order valence-electron chi connectivity index (χ0n) is 15.1. The Morgan fingerprint density at radius 3 is 2.54 bits per heavy atom. The molecular weight excluding hydrogens is 424 g/mol. The summed E-state index contributed by atoms with van der Waals surface area (Å²) in [7, 11) is 0. The van der Waals surface area contributed by atoms with Crippen molar-refractivity contribution in [2.45, 2.75) is 0 Å². The fourth-order valence-corrected chi connectivity index (χ4v) is 3.42. The van der Waals surface area contributed by atoms with Crippen LogP contribution in [0.25, 0.3) is 10.9 Å². The molecule has 3 aromatic rings. The number of piperazine rings is 1. The number of anilines is 1. The van der Waals surface area contributed by atoms with Gasteiger partial charge >= 0.3 is 0 Å². The number of nitrogens with zero attached hydrogens (tertiary/aromatic N) is 3. The van der Waals surface area contributed by atoms with E-state index in [1.165, 1.54) is 0 Å². The molecule has 7 nitrogen and oxygen atoms in total. The Morgan fingerprint density at radius 2 is 1.79 bits per heavy atom. The molecule has 0 aliphatic carbocycles. The van der Waals surface area contributed by atoms with Crippen molar-refractivity contribution in [1.82, 2.24) is 14.9 Å². The number of halogens is 1. The van der Waals surface area contributed by atoms with Crippen molar-refractivity contribution < 1.29 is 9.53 Å². The lowest BCUT2D eigenvalue weighted by Crippen LogP contribution is -2.50. The molecule has 0 spiro atoms. The Kier molecular flexibility index (Phi) is 5.29. The largest absolute Gasteiger partial charge is 0.484 e. The van der Waals surface area contributed by atoms with Crippen LogP contribution in [0.15, 0.2) is 57.8 Å². The summed E-state index contributed by atoms with van der Waals surface area (Å²) >= 11 is 3.37. The minimum Gasteiger partial charge on any atom is -0.484 e. The van der Waals surface area contributed by atoms with Gasteiger partial charge < -0.3 is 14.5 Å². The van der Waals surface area contributed by atoms with Crippen LogP contribution in [0.5, 0.6) is 5.75 Å². The number of aromatic amines is 1. The summed E-state index contributed by atoms with van der Waals surface area (Å²) in [6.45, 7) is 2.32. The maximum atomic E-state index is 12.4. The Balaban J connectivity index is 1.36. The van der Waals surface area contributed by atoms with E-state index < -0.39 is 0 Å². The predicted octanol–water partition coefficient (Wildman–Crippen LogP) is 2.41. The Bertz CT molecular complexity index is 1040. The summed E-state index contributed by atoms with van der Waals surface area (Å²) in [4.78, 5) is 35.8. The first-order valence-corrected chi connectivity index (χ1v) is 9.79. The molecule has 4 rings (SSSR count). The second kappa shape index (κ2) is 8.02. The predicted molar refractivity (Wildman–Crippen MR) is 111 cm³/mol. The van der Waals surface area contributed by atoms with Crippen molar-refractivity contribution in [3.05, 3.63) is 63.4 Å². The van der Waals surface area contributed by atoms with E-state index in [2.05, 4.69) is 25.9 Å². The first-order chi connectivity index (χ1) is 13.6. The summed E-state index contributed by atoms with van der Waals surface area (Å²) in [5.41, 5.74) is 0.518. The molecule has 1 fully saturated rings. The quantitative estimate of drug-likeness (QED) is 0.670. The Hall–Kier alpha value is -2.87. The number of rotatable bonds is 4. The van der Waals surface area contributed by atoms with Crippen LogP contribution in [-0.2, 0) is 4.79 Å². The van der Waals surface area contributed by atoms with Gasteiger partial charge in [0.2, 0.25) is 5.95 Å². The summed E-state index contributed by atoms with van der Waals surface area (Å²) in [6.07, 6.45) is 0. The number of carbonyl (C=O) groups is 1. The average molecular weight is 443 g/mol. The van der Waals surface area contributed by atoms with Crippen molar-refractivity contribution in [3.8, 4) is 5.75 Å². The van der Waals surface area contributed by atoms with Crippen LogP contribution in [-0.4, -0.2) is 53.6 Å². The Morgan fingerprint density at radius 1 is 1.07 bits per heavy atom. The molecule has 1 N–H and O–H groups in total. The highest BCUT2D eigenvalue weighted by atomic mass is 79.9. The summed E-state index contributed by atoms with van der Waals surface area (Å²) in [6, 6.07) is 14.6. The monoisotopic (exact) mass is 442 g/mol. The van der Waals surface area contributed by atoms with E-state index in [-0.39, 0.29) is 18.1 Å². The molecule has 0 atom stereocenters. The van der Waals surface area contributed by atoms with Crippen molar-refractivity contribution in [1.29, 1.82) is 0 Å². The highest BCUT2D eigenvalue weighted by Gasteiger charge is 2.23. The first kappa shape index (κ1) is 18.5. The SMILES string of the molecule is O=C(COc1ccc(Br)cc1)N1CCN(c2nc3ccccc3c(=O)[nH]2)CC1. The summed E-state index contributed by atoms with van der Waals surface area (Å²) in [5, 5.41) is 0.574. The normalized spacial score (nSPS) is 14.3. The molecule has 144 valence electrons.